The number of allylic oxidation sites excluding steroid dienone is 4. The van der Waals surface area contributed by atoms with E-state index in [4.69, 9.17) is 16.3 Å². The second-order valence-electron chi connectivity index (χ2n) is 7.93. The van der Waals surface area contributed by atoms with Crippen LogP contribution in [0.3, 0.4) is 0 Å². The molecule has 2 aliphatic rings. The SMILES string of the molecule is O=C(COc1cc(C(F)(F)F)nn1C1=CC=CCC1Cl)Nc1ccc(N2CCCCC2)cc1. The van der Waals surface area contributed by atoms with Crippen molar-refractivity contribution in [2.24, 2.45) is 0 Å². The lowest BCUT2D eigenvalue weighted by atomic mass is 10.1. The molecule has 1 N–H and O–H groups in total. The zero-order chi connectivity index (χ0) is 23.4. The Kier molecular flexibility index (Phi) is 6.97. The van der Waals surface area contributed by atoms with Crippen molar-refractivity contribution in [2.45, 2.75) is 37.2 Å². The van der Waals surface area contributed by atoms with Gasteiger partial charge in [-0.1, -0.05) is 12.2 Å². The molecular formula is C23H24ClF3N4O2. The van der Waals surface area contributed by atoms with Crippen LogP contribution in [0.5, 0.6) is 5.88 Å². The van der Waals surface area contributed by atoms with Crippen LogP contribution in [-0.4, -0.2) is 40.8 Å². The fraction of sp³-hybridized carbons (Fsp3) is 0.391. The van der Waals surface area contributed by atoms with Crippen molar-refractivity contribution in [3.05, 3.63) is 54.3 Å². The van der Waals surface area contributed by atoms with Gasteiger partial charge in [0, 0.05) is 30.5 Å². The Morgan fingerprint density at radius 2 is 1.91 bits per heavy atom. The Morgan fingerprint density at radius 1 is 1.18 bits per heavy atom. The van der Waals surface area contributed by atoms with E-state index in [0.717, 1.165) is 29.5 Å². The number of anilines is 2. The predicted molar refractivity (Wildman–Crippen MR) is 122 cm³/mol. The number of benzene rings is 1. The van der Waals surface area contributed by atoms with Gasteiger partial charge in [0.2, 0.25) is 5.88 Å². The second-order valence-corrected chi connectivity index (χ2v) is 8.46. The molecule has 1 aliphatic carbocycles. The maximum Gasteiger partial charge on any atom is 0.435 e. The molecule has 1 aromatic carbocycles. The van der Waals surface area contributed by atoms with Crippen LogP contribution in [0.2, 0.25) is 0 Å². The lowest BCUT2D eigenvalue weighted by Crippen LogP contribution is -2.29. The molecule has 10 heteroatoms. The predicted octanol–water partition coefficient (Wildman–Crippen LogP) is 5.32. The fourth-order valence-electron chi connectivity index (χ4n) is 3.83. The van der Waals surface area contributed by atoms with Crippen LogP contribution >= 0.6 is 11.6 Å². The standard InChI is InChI=1S/C23H24ClF3N4O2/c24-18-6-2-3-7-19(18)31-22(14-20(29-31)23(25,26)27)33-15-21(32)28-16-8-10-17(11-9-16)30-12-4-1-5-13-30/h2-3,7-11,14,18H,1,4-6,12-13,15H2,(H,28,32). The van der Waals surface area contributed by atoms with Gasteiger partial charge < -0.3 is 15.0 Å². The van der Waals surface area contributed by atoms with Crippen molar-refractivity contribution in [2.75, 3.05) is 29.9 Å². The lowest BCUT2D eigenvalue weighted by molar-refractivity contribution is -0.141. The minimum absolute atomic E-state index is 0.204. The third-order valence-corrected chi connectivity index (χ3v) is 5.90. The highest BCUT2D eigenvalue weighted by molar-refractivity contribution is 6.25. The number of piperidine rings is 1. The molecule has 4 rings (SSSR count). The smallest absolute Gasteiger partial charge is 0.435 e. The molecule has 0 bridgehead atoms. The van der Waals surface area contributed by atoms with Crippen LogP contribution in [-0.2, 0) is 11.0 Å². The summed E-state index contributed by atoms with van der Waals surface area (Å²) in [6.07, 6.45) is 4.43. The first-order chi connectivity index (χ1) is 15.8. The Morgan fingerprint density at radius 3 is 2.58 bits per heavy atom. The maximum atomic E-state index is 13.2. The number of hydrogen-bond donors (Lipinski definition) is 1. The number of carbonyl (C=O) groups is 1. The largest absolute Gasteiger partial charge is 0.467 e. The highest BCUT2D eigenvalue weighted by Gasteiger charge is 2.36. The highest BCUT2D eigenvalue weighted by atomic mass is 35.5. The summed E-state index contributed by atoms with van der Waals surface area (Å²) in [7, 11) is 0. The maximum absolute atomic E-state index is 13.2. The summed E-state index contributed by atoms with van der Waals surface area (Å²) in [5.41, 5.74) is 0.900. The molecule has 1 aliphatic heterocycles. The van der Waals surface area contributed by atoms with E-state index in [9.17, 15) is 18.0 Å². The monoisotopic (exact) mass is 480 g/mol. The molecule has 33 heavy (non-hydrogen) atoms. The van der Waals surface area contributed by atoms with Gasteiger partial charge in [-0.15, -0.1) is 11.6 Å². The summed E-state index contributed by atoms with van der Waals surface area (Å²) in [5.74, 6) is -0.702. The van der Waals surface area contributed by atoms with Gasteiger partial charge in [-0.3, -0.25) is 4.79 Å². The van der Waals surface area contributed by atoms with E-state index in [-0.39, 0.29) is 5.88 Å². The van der Waals surface area contributed by atoms with Crippen molar-refractivity contribution < 1.29 is 22.7 Å². The number of ether oxygens (including phenoxy) is 1. The van der Waals surface area contributed by atoms with E-state index < -0.39 is 29.8 Å². The molecule has 0 spiro atoms. The average Bonchev–Trinajstić information content (AvgIpc) is 3.24. The van der Waals surface area contributed by atoms with Crippen LogP contribution in [0.15, 0.2) is 48.6 Å². The zero-order valence-corrected chi connectivity index (χ0v) is 18.6. The molecule has 2 heterocycles. The van der Waals surface area contributed by atoms with Gasteiger partial charge in [-0.25, -0.2) is 4.68 Å². The summed E-state index contributed by atoms with van der Waals surface area (Å²) >= 11 is 6.25. The number of aromatic nitrogens is 2. The third kappa shape index (κ3) is 5.71. The topological polar surface area (TPSA) is 59.4 Å². The van der Waals surface area contributed by atoms with Gasteiger partial charge in [0.15, 0.2) is 12.3 Å². The molecule has 1 saturated heterocycles. The van der Waals surface area contributed by atoms with Crippen molar-refractivity contribution in [3.63, 3.8) is 0 Å². The van der Waals surface area contributed by atoms with E-state index in [1.165, 1.54) is 19.3 Å². The fourth-order valence-corrected chi connectivity index (χ4v) is 4.10. The molecule has 1 fully saturated rings. The summed E-state index contributed by atoms with van der Waals surface area (Å²) < 4.78 is 46.1. The van der Waals surface area contributed by atoms with Gasteiger partial charge in [-0.2, -0.15) is 18.3 Å². The Bertz CT molecular complexity index is 1040. The van der Waals surface area contributed by atoms with E-state index in [1.54, 1.807) is 30.4 Å². The summed E-state index contributed by atoms with van der Waals surface area (Å²) in [6.45, 7) is 1.55. The Balaban J connectivity index is 1.42. The number of nitrogens with one attached hydrogen (secondary N) is 1. The molecule has 6 nitrogen and oxygen atoms in total. The first-order valence-corrected chi connectivity index (χ1v) is 11.2. The van der Waals surface area contributed by atoms with Gasteiger partial charge in [0.25, 0.3) is 5.91 Å². The first kappa shape index (κ1) is 23.2. The third-order valence-electron chi connectivity index (χ3n) is 5.50. The summed E-state index contributed by atoms with van der Waals surface area (Å²) in [4.78, 5) is 14.7. The van der Waals surface area contributed by atoms with Crippen LogP contribution in [0.25, 0.3) is 5.70 Å². The molecule has 2 aromatic rings. The number of amides is 1. The first-order valence-electron chi connectivity index (χ1n) is 10.8. The van der Waals surface area contributed by atoms with Crippen LogP contribution in [0, 0.1) is 0 Å². The van der Waals surface area contributed by atoms with E-state index in [0.29, 0.717) is 17.8 Å². The van der Waals surface area contributed by atoms with Gasteiger partial charge >= 0.3 is 6.18 Å². The molecular weight excluding hydrogens is 457 g/mol. The number of alkyl halides is 4. The van der Waals surface area contributed by atoms with Crippen LogP contribution < -0.4 is 15.0 Å². The van der Waals surface area contributed by atoms with Gasteiger partial charge in [0.05, 0.1) is 11.1 Å². The van der Waals surface area contributed by atoms with Crippen molar-refractivity contribution >= 4 is 34.6 Å². The molecule has 1 amide bonds. The number of nitrogens with zero attached hydrogens (tertiary/aromatic N) is 3. The lowest BCUT2D eigenvalue weighted by Gasteiger charge is -2.28. The van der Waals surface area contributed by atoms with Gasteiger partial charge in [-0.05, 0) is 56.0 Å². The molecule has 0 saturated carbocycles. The van der Waals surface area contributed by atoms with E-state index in [1.807, 2.05) is 12.1 Å². The van der Waals surface area contributed by atoms with Crippen LogP contribution in [0.1, 0.15) is 31.4 Å². The average molecular weight is 481 g/mol. The second kappa shape index (κ2) is 9.91. The van der Waals surface area contributed by atoms with Gasteiger partial charge in [0.1, 0.15) is 0 Å². The molecule has 1 unspecified atom stereocenters. The van der Waals surface area contributed by atoms with E-state index >= 15 is 0 Å². The minimum atomic E-state index is -4.66. The van der Waals surface area contributed by atoms with E-state index in [2.05, 4.69) is 15.3 Å². The molecule has 1 aromatic heterocycles. The molecule has 0 radical (unpaired) electrons. The summed E-state index contributed by atoms with van der Waals surface area (Å²) in [5, 5.41) is 5.75. The van der Waals surface area contributed by atoms with Crippen LogP contribution in [0.4, 0.5) is 24.5 Å². The number of hydrogen-bond acceptors (Lipinski definition) is 4. The normalized spacial score (nSPS) is 18.7. The highest BCUT2D eigenvalue weighted by Crippen LogP contribution is 2.34. The Labute approximate surface area is 194 Å². The van der Waals surface area contributed by atoms with Crippen molar-refractivity contribution in [3.8, 4) is 5.88 Å². The number of halogens is 4. The minimum Gasteiger partial charge on any atom is -0.467 e. The number of carbonyl (C=O) groups excluding carboxylic acids is 1. The van der Waals surface area contributed by atoms with Crippen molar-refractivity contribution in [1.82, 2.24) is 9.78 Å². The van der Waals surface area contributed by atoms with Crippen molar-refractivity contribution in [1.29, 1.82) is 0 Å². The quantitative estimate of drug-likeness (QED) is 0.569. The molecule has 1 atom stereocenters. The molecule has 176 valence electrons. The number of rotatable bonds is 6. The Hall–Kier alpha value is -2.94. The summed E-state index contributed by atoms with van der Waals surface area (Å²) in [6, 6.07) is 8.24. The zero-order valence-electron chi connectivity index (χ0n) is 17.8.